The molecule has 2 aromatic rings. The number of fused-ring (bicyclic) bond motifs is 1. The SMILES string of the molecule is Cc1cc(C)c2ncc(I)n2c1. The lowest BCUT2D eigenvalue weighted by Gasteiger charge is -2.00. The van der Waals surface area contributed by atoms with E-state index in [1.165, 1.54) is 11.1 Å². The molecule has 12 heavy (non-hydrogen) atoms. The van der Waals surface area contributed by atoms with Gasteiger partial charge in [-0.2, -0.15) is 0 Å². The van der Waals surface area contributed by atoms with Crippen LogP contribution in [0.25, 0.3) is 5.65 Å². The van der Waals surface area contributed by atoms with Gasteiger partial charge in [-0.1, -0.05) is 6.07 Å². The van der Waals surface area contributed by atoms with E-state index in [4.69, 9.17) is 0 Å². The van der Waals surface area contributed by atoms with Crippen molar-refractivity contribution in [1.29, 1.82) is 0 Å². The van der Waals surface area contributed by atoms with Crippen molar-refractivity contribution in [2.24, 2.45) is 0 Å². The fourth-order valence-corrected chi connectivity index (χ4v) is 1.91. The summed E-state index contributed by atoms with van der Waals surface area (Å²) in [6.45, 7) is 4.19. The minimum Gasteiger partial charge on any atom is -0.294 e. The predicted octanol–water partition coefficient (Wildman–Crippen LogP) is 2.56. The second-order valence-electron chi connectivity index (χ2n) is 2.97. The average Bonchev–Trinajstić information content (AvgIpc) is 2.33. The normalized spacial score (nSPS) is 10.9. The second kappa shape index (κ2) is 2.73. The van der Waals surface area contributed by atoms with Crippen molar-refractivity contribution < 1.29 is 0 Å². The first kappa shape index (κ1) is 8.04. The van der Waals surface area contributed by atoms with E-state index in [0.717, 1.165) is 9.35 Å². The quantitative estimate of drug-likeness (QED) is 0.674. The first-order chi connectivity index (χ1) is 5.68. The molecule has 2 rings (SSSR count). The number of imidazole rings is 1. The summed E-state index contributed by atoms with van der Waals surface area (Å²) in [6.07, 6.45) is 4.00. The molecule has 0 N–H and O–H groups in total. The summed E-state index contributed by atoms with van der Waals surface area (Å²) in [7, 11) is 0. The molecule has 0 amide bonds. The van der Waals surface area contributed by atoms with Crippen molar-refractivity contribution in [3.8, 4) is 0 Å². The highest BCUT2D eigenvalue weighted by Crippen LogP contribution is 2.14. The van der Waals surface area contributed by atoms with E-state index in [2.05, 4.69) is 58.1 Å². The van der Waals surface area contributed by atoms with Crippen LogP contribution in [0.3, 0.4) is 0 Å². The smallest absolute Gasteiger partial charge is 0.140 e. The van der Waals surface area contributed by atoms with E-state index >= 15 is 0 Å². The van der Waals surface area contributed by atoms with Crippen LogP contribution in [0, 0.1) is 17.5 Å². The van der Waals surface area contributed by atoms with E-state index in [1.807, 2.05) is 6.20 Å². The van der Waals surface area contributed by atoms with Crippen LogP contribution in [0.1, 0.15) is 11.1 Å². The molecule has 0 aliphatic heterocycles. The van der Waals surface area contributed by atoms with Crippen molar-refractivity contribution in [3.05, 3.63) is 33.3 Å². The Hall–Kier alpha value is -0.580. The Morgan fingerprint density at radius 3 is 2.92 bits per heavy atom. The molecule has 62 valence electrons. The topological polar surface area (TPSA) is 17.3 Å². The fourth-order valence-electron chi connectivity index (χ4n) is 1.40. The van der Waals surface area contributed by atoms with Gasteiger partial charge < -0.3 is 0 Å². The molecule has 0 unspecified atom stereocenters. The number of nitrogens with zero attached hydrogens (tertiary/aromatic N) is 2. The predicted molar refractivity (Wildman–Crippen MR) is 57.4 cm³/mol. The van der Waals surface area contributed by atoms with Gasteiger partial charge in [0.1, 0.15) is 9.35 Å². The summed E-state index contributed by atoms with van der Waals surface area (Å²) >= 11 is 2.29. The van der Waals surface area contributed by atoms with E-state index in [9.17, 15) is 0 Å². The Morgan fingerprint density at radius 1 is 1.42 bits per heavy atom. The van der Waals surface area contributed by atoms with Crippen LogP contribution in [0.4, 0.5) is 0 Å². The molecular weight excluding hydrogens is 263 g/mol. The van der Waals surface area contributed by atoms with Gasteiger partial charge in [0.05, 0.1) is 6.20 Å². The van der Waals surface area contributed by atoms with Gasteiger partial charge in [0, 0.05) is 6.20 Å². The third-order valence-corrected chi connectivity index (χ3v) is 2.68. The number of pyridine rings is 1. The van der Waals surface area contributed by atoms with Crippen molar-refractivity contribution in [1.82, 2.24) is 9.38 Å². The molecule has 0 saturated heterocycles. The maximum absolute atomic E-state index is 4.31. The van der Waals surface area contributed by atoms with E-state index in [-0.39, 0.29) is 0 Å². The monoisotopic (exact) mass is 272 g/mol. The maximum atomic E-state index is 4.31. The van der Waals surface area contributed by atoms with Crippen LogP contribution < -0.4 is 0 Å². The first-order valence-electron chi connectivity index (χ1n) is 3.78. The van der Waals surface area contributed by atoms with Crippen LogP contribution in [-0.2, 0) is 0 Å². The third kappa shape index (κ3) is 1.12. The minimum absolute atomic E-state index is 1.06. The molecule has 0 atom stereocenters. The molecule has 0 radical (unpaired) electrons. The van der Waals surface area contributed by atoms with Crippen molar-refractivity contribution in [2.75, 3.05) is 0 Å². The van der Waals surface area contributed by atoms with Crippen LogP contribution in [0.15, 0.2) is 18.5 Å². The van der Waals surface area contributed by atoms with Gasteiger partial charge in [-0.05, 0) is 47.6 Å². The molecule has 0 spiro atoms. The molecule has 0 aromatic carbocycles. The second-order valence-corrected chi connectivity index (χ2v) is 4.08. The van der Waals surface area contributed by atoms with Gasteiger partial charge in [0.25, 0.3) is 0 Å². The Kier molecular flexibility index (Phi) is 1.83. The average molecular weight is 272 g/mol. The molecular formula is C9H9IN2. The largest absolute Gasteiger partial charge is 0.294 e. The molecule has 2 heterocycles. The van der Waals surface area contributed by atoms with E-state index < -0.39 is 0 Å². The van der Waals surface area contributed by atoms with Gasteiger partial charge in [0.2, 0.25) is 0 Å². The Morgan fingerprint density at radius 2 is 2.17 bits per heavy atom. The Balaban J connectivity index is 2.92. The Bertz CT molecular complexity index is 431. The number of rotatable bonds is 0. The van der Waals surface area contributed by atoms with Gasteiger partial charge in [-0.3, -0.25) is 4.40 Å². The fraction of sp³-hybridized carbons (Fsp3) is 0.222. The van der Waals surface area contributed by atoms with Crippen molar-refractivity contribution in [2.45, 2.75) is 13.8 Å². The number of aromatic nitrogens is 2. The van der Waals surface area contributed by atoms with E-state index in [0.29, 0.717) is 0 Å². The van der Waals surface area contributed by atoms with Crippen LogP contribution >= 0.6 is 22.6 Å². The lowest BCUT2D eigenvalue weighted by Crippen LogP contribution is -1.91. The van der Waals surface area contributed by atoms with Crippen LogP contribution in [0.2, 0.25) is 0 Å². The van der Waals surface area contributed by atoms with Crippen LogP contribution in [0.5, 0.6) is 0 Å². The summed E-state index contributed by atoms with van der Waals surface area (Å²) in [5.74, 6) is 0. The molecule has 0 fully saturated rings. The van der Waals surface area contributed by atoms with Gasteiger partial charge in [0.15, 0.2) is 0 Å². The first-order valence-corrected chi connectivity index (χ1v) is 4.86. The molecule has 2 aromatic heterocycles. The zero-order valence-corrected chi connectivity index (χ0v) is 9.16. The summed E-state index contributed by atoms with van der Waals surface area (Å²) in [6, 6.07) is 2.15. The van der Waals surface area contributed by atoms with Gasteiger partial charge in [-0.15, -0.1) is 0 Å². The number of halogens is 1. The number of hydrogen-bond donors (Lipinski definition) is 0. The molecule has 0 aliphatic carbocycles. The van der Waals surface area contributed by atoms with Crippen molar-refractivity contribution >= 4 is 28.2 Å². The highest BCUT2D eigenvalue weighted by atomic mass is 127. The minimum atomic E-state index is 1.06. The third-order valence-electron chi connectivity index (χ3n) is 1.88. The van der Waals surface area contributed by atoms with E-state index in [1.54, 1.807) is 0 Å². The summed E-state index contributed by atoms with van der Waals surface area (Å²) in [4.78, 5) is 4.31. The highest BCUT2D eigenvalue weighted by Gasteiger charge is 2.02. The zero-order chi connectivity index (χ0) is 8.72. The van der Waals surface area contributed by atoms with Crippen LogP contribution in [-0.4, -0.2) is 9.38 Å². The molecule has 0 aliphatic rings. The lowest BCUT2D eigenvalue weighted by atomic mass is 10.2. The zero-order valence-electron chi connectivity index (χ0n) is 7.00. The lowest BCUT2D eigenvalue weighted by molar-refractivity contribution is 1.11. The maximum Gasteiger partial charge on any atom is 0.140 e. The Labute approximate surface area is 84.8 Å². The standard InChI is InChI=1S/C9H9IN2/c1-6-3-7(2)9-11-4-8(10)12(9)5-6/h3-5H,1-2H3. The summed E-state index contributed by atoms with van der Waals surface area (Å²) in [5.41, 5.74) is 3.57. The summed E-state index contributed by atoms with van der Waals surface area (Å²) < 4.78 is 3.28. The molecule has 2 nitrogen and oxygen atoms in total. The molecule has 3 heteroatoms. The molecule has 0 saturated carbocycles. The number of aryl methyl sites for hydroxylation is 2. The molecule has 0 bridgehead atoms. The number of hydrogen-bond acceptors (Lipinski definition) is 1. The van der Waals surface area contributed by atoms with Gasteiger partial charge >= 0.3 is 0 Å². The summed E-state index contributed by atoms with van der Waals surface area (Å²) in [5, 5.41) is 0. The highest BCUT2D eigenvalue weighted by molar-refractivity contribution is 14.1. The van der Waals surface area contributed by atoms with Gasteiger partial charge in [-0.25, -0.2) is 4.98 Å². The van der Waals surface area contributed by atoms with Crippen molar-refractivity contribution in [3.63, 3.8) is 0 Å².